The Morgan fingerprint density at radius 2 is 0.915 bits per heavy atom. The molecule has 0 N–H and O–H groups in total. The van der Waals surface area contributed by atoms with Gasteiger partial charge in [-0.3, -0.25) is 19.0 Å². The molecule has 19 heteroatoms. The molecule has 4 aliphatic carbocycles. The summed E-state index contributed by atoms with van der Waals surface area (Å²) in [6.07, 6.45) is 9.18. The number of aromatic nitrogens is 4. The van der Waals surface area contributed by atoms with Crippen molar-refractivity contribution < 1.29 is 81.9 Å². The van der Waals surface area contributed by atoms with Gasteiger partial charge >= 0.3 is 29.6 Å². The molecule has 428 valence electrons. The van der Waals surface area contributed by atoms with Gasteiger partial charge in [-0.15, -0.1) is 0 Å². The maximum absolute atomic E-state index is 14.2. The Morgan fingerprint density at radius 3 is 1.24 bits per heavy atom. The van der Waals surface area contributed by atoms with Crippen LogP contribution in [0, 0.1) is 50.1 Å². The first-order valence-electron chi connectivity index (χ1n) is 33.1. The van der Waals surface area contributed by atoms with E-state index in [0.717, 1.165) is 51.4 Å². The van der Waals surface area contributed by atoms with Crippen molar-refractivity contribution in [2.75, 3.05) is 13.2 Å². The van der Waals surface area contributed by atoms with Gasteiger partial charge in [-0.25, -0.2) is 16.8 Å². The van der Waals surface area contributed by atoms with E-state index in [1.165, 1.54) is 84.9 Å². The Balaban J connectivity index is 0.000000217. The Bertz CT molecular complexity index is 3770. The molecule has 2 atom stereocenters. The Kier molecular flexibility index (Phi) is 13.4. The molecule has 8 bridgehead atoms. The standard InChI is InChI=1S/2C31H35N4O4S.CH4.Na/c2*1-19(2)13-23-18-39-27-15-26(28-20(3)7-5-8-21(28)4)32-30(33-27)34-40(37,38)25-10-6-9-22(14-25)29(36)35(23)24-16-31(17-24)11-12-31;;/h2*5-10,14-15,19,23-24H,11-13,16-18H2,1-4H3;1H4;/q2*-1;;+1/t2*23-;;/m11../s1/i2*3D3,4D3;;. The molecule has 4 aromatic carbocycles. The molecule has 4 fully saturated rings. The number of ether oxygens (including phenoxy) is 2. The predicted molar refractivity (Wildman–Crippen MR) is 313 cm³/mol. The second kappa shape index (κ2) is 23.6. The van der Waals surface area contributed by atoms with E-state index in [1.807, 2.05) is 37.5 Å². The summed E-state index contributed by atoms with van der Waals surface area (Å²) in [5.41, 5.74) is -0.851. The van der Waals surface area contributed by atoms with Crippen LogP contribution >= 0.6 is 0 Å². The zero-order valence-corrected chi connectivity index (χ0v) is 49.5. The summed E-state index contributed by atoms with van der Waals surface area (Å²) >= 11 is 0. The quantitative estimate of drug-likeness (QED) is 0.131. The Morgan fingerprint density at radius 1 is 0.561 bits per heavy atom. The summed E-state index contributed by atoms with van der Waals surface area (Å²) in [5.74, 6) is -1.61. The maximum Gasteiger partial charge on any atom is 1.00 e. The molecule has 6 aliphatic rings. The summed E-state index contributed by atoms with van der Waals surface area (Å²) < 4.78 is 172. The van der Waals surface area contributed by atoms with Gasteiger partial charge in [0.05, 0.1) is 21.9 Å². The van der Waals surface area contributed by atoms with E-state index < -0.39 is 71.4 Å². The molecule has 0 radical (unpaired) electrons. The first kappa shape index (κ1) is 46.5. The van der Waals surface area contributed by atoms with Crippen molar-refractivity contribution in [2.24, 2.45) is 22.7 Å². The molecule has 16 nitrogen and oxygen atoms in total. The van der Waals surface area contributed by atoms with E-state index in [-0.39, 0.29) is 174 Å². The van der Waals surface area contributed by atoms with Crippen molar-refractivity contribution in [1.82, 2.24) is 29.7 Å². The number of hydrogen-bond donors (Lipinski definition) is 0. The van der Waals surface area contributed by atoms with E-state index in [4.69, 9.17) is 25.9 Å². The largest absolute Gasteiger partial charge is 1.00 e. The van der Waals surface area contributed by atoms with Crippen LogP contribution in [0.3, 0.4) is 0 Å². The van der Waals surface area contributed by atoms with Crippen molar-refractivity contribution in [3.63, 3.8) is 0 Å². The molecule has 4 heterocycles. The number of sulfonamides is 2. The maximum atomic E-state index is 14.2. The van der Waals surface area contributed by atoms with Gasteiger partial charge in [-0.2, -0.15) is 0 Å². The molecular weight excluding hydrogens is 1080 g/mol. The van der Waals surface area contributed by atoms with Crippen molar-refractivity contribution in [3.8, 4) is 34.3 Å². The van der Waals surface area contributed by atoms with Crippen LogP contribution < -0.4 is 39.0 Å². The minimum Gasteiger partial charge on any atom is -0.488 e. The number of carbonyl (C=O) groups is 2. The molecule has 82 heavy (non-hydrogen) atoms. The predicted octanol–water partition coefficient (Wildman–Crippen LogP) is 10.3. The molecule has 0 unspecified atom stereocenters. The fourth-order valence-corrected chi connectivity index (χ4v) is 13.7. The fraction of sp³-hybridized carbons (Fsp3) is 0.460. The molecule has 6 aromatic rings. The normalized spacial score (nSPS) is 24.4. The topological polar surface area (TPSA) is 207 Å². The number of fused-ring (bicyclic) bond motifs is 8. The van der Waals surface area contributed by atoms with Crippen molar-refractivity contribution in [1.29, 1.82) is 0 Å². The van der Waals surface area contributed by atoms with Crippen LogP contribution in [-0.2, 0) is 20.0 Å². The first-order chi connectivity index (χ1) is 42.9. The van der Waals surface area contributed by atoms with Crippen molar-refractivity contribution in [3.05, 3.63) is 140 Å². The molecule has 0 saturated heterocycles. The SMILES string of the molecule is C.[2H]C([2H])([2H])c1cccc(C([2H])([2H])[2H])c1-c1cc2nc(n1)[N-]S(=O)(=O)c1cccc(c1)C(=O)N(C1CC3(CC3)C1)[C@H](CC(C)C)CO2.[2H]C([2H])([2H])c1cccc(C([2H])([2H])[2H])c1-c1cc2nc(n1)[N-]S(=O)(=O)c1cccc(c1)C(=O)N(C1CC3(CC3)C1)[C@H](CC(C)C)CO2.[Na+]. The summed E-state index contributed by atoms with van der Waals surface area (Å²) in [5, 5.41) is 0. The third-order valence-corrected chi connectivity index (χ3v) is 18.7. The monoisotopic (exact) mass is 1170 g/mol. The molecule has 12 rings (SSSR count). The van der Waals surface area contributed by atoms with Crippen LogP contribution in [0.1, 0.15) is 159 Å². The Labute approximate surface area is 523 Å². The van der Waals surface area contributed by atoms with E-state index >= 15 is 0 Å². The summed E-state index contributed by atoms with van der Waals surface area (Å²) in [4.78, 5) is 48.6. The van der Waals surface area contributed by atoms with Crippen molar-refractivity contribution in [2.45, 2.75) is 161 Å². The van der Waals surface area contributed by atoms with Crippen LogP contribution in [0.15, 0.2) is 107 Å². The summed E-state index contributed by atoms with van der Waals surface area (Å²) in [6, 6.07) is 20.9. The summed E-state index contributed by atoms with van der Waals surface area (Å²) in [6.45, 7) is -2.72. The average Bonchev–Trinajstić information content (AvgIpc) is 1.49. The molecule has 2 aromatic heterocycles. The van der Waals surface area contributed by atoms with E-state index in [1.54, 1.807) is 12.1 Å². The zero-order chi connectivity index (χ0) is 66.5. The molecule has 4 saturated carbocycles. The summed E-state index contributed by atoms with van der Waals surface area (Å²) in [7, 11) is -8.95. The van der Waals surface area contributed by atoms with Gasteiger partial charge in [-0.05, 0) is 196 Å². The van der Waals surface area contributed by atoms with E-state index in [0.29, 0.717) is 12.8 Å². The van der Waals surface area contributed by atoms with Crippen LogP contribution in [-0.4, -0.2) is 95.8 Å². The average molecular weight is 1170 g/mol. The van der Waals surface area contributed by atoms with Gasteiger partial charge in [0, 0.05) is 62.9 Å². The number of nitrogens with zero attached hydrogens (tertiary/aromatic N) is 8. The Hall–Kier alpha value is -5.92. The number of hydrogen-bond acceptors (Lipinski definition) is 12. The second-order valence-corrected chi connectivity index (χ2v) is 26.4. The van der Waals surface area contributed by atoms with Crippen LogP contribution in [0.25, 0.3) is 32.0 Å². The fourth-order valence-electron chi connectivity index (χ4n) is 11.8. The van der Waals surface area contributed by atoms with Gasteiger partial charge in [0.1, 0.15) is 25.0 Å². The van der Waals surface area contributed by atoms with Gasteiger partial charge in [0.15, 0.2) is 0 Å². The minimum absolute atomic E-state index is 0. The second-order valence-electron chi connectivity index (χ2n) is 23.2. The molecule has 2 aliphatic heterocycles. The van der Waals surface area contributed by atoms with Gasteiger partial charge in [0.2, 0.25) is 20.0 Å². The third-order valence-electron chi connectivity index (χ3n) is 16.1. The molecular formula is C63H74N8NaO8S2-. The number of carbonyl (C=O) groups excluding carboxylic acids is 2. The first-order valence-corrected chi connectivity index (χ1v) is 29.9. The molecule has 2 amide bonds. The number of rotatable bonds is 8. The van der Waals surface area contributed by atoms with Gasteiger partial charge < -0.3 is 39.2 Å². The van der Waals surface area contributed by atoms with Gasteiger partial charge in [-0.1, -0.05) is 83.7 Å². The van der Waals surface area contributed by atoms with Crippen LogP contribution in [0.5, 0.6) is 11.8 Å². The van der Waals surface area contributed by atoms with Crippen LogP contribution in [0.2, 0.25) is 0 Å². The minimum atomic E-state index is -4.48. The number of aryl methyl sites for hydroxylation is 4. The van der Waals surface area contributed by atoms with Crippen molar-refractivity contribution >= 4 is 43.8 Å². The van der Waals surface area contributed by atoms with E-state index in [9.17, 15) is 26.4 Å². The molecule has 2 spiro atoms. The third kappa shape index (κ3) is 12.8. The number of benzene rings is 4. The van der Waals surface area contributed by atoms with Gasteiger partial charge in [0.25, 0.3) is 11.8 Å². The van der Waals surface area contributed by atoms with E-state index in [2.05, 4.69) is 29.4 Å². The smallest absolute Gasteiger partial charge is 0.488 e. The van der Waals surface area contributed by atoms with Crippen LogP contribution in [0.4, 0.5) is 11.9 Å². The number of amides is 2. The zero-order valence-electron chi connectivity index (χ0n) is 57.8.